The molecule has 2 aromatic carbocycles. The fraction of sp³-hybridized carbons (Fsp3) is 0.345. The van der Waals surface area contributed by atoms with E-state index in [1.54, 1.807) is 0 Å². The number of aryl methyl sites for hydroxylation is 2. The van der Waals surface area contributed by atoms with Crippen molar-refractivity contribution < 1.29 is 19.1 Å². The molecular weight excluding hydrogens is 486 g/mol. The Hall–Kier alpha value is -3.36. The molecule has 0 bridgehead atoms. The minimum atomic E-state index is -0.436. The minimum Gasteiger partial charge on any atom is -0.457 e. The second-order valence-electron chi connectivity index (χ2n) is 9.48. The summed E-state index contributed by atoms with van der Waals surface area (Å²) in [5, 5.41) is 2.76. The van der Waals surface area contributed by atoms with Gasteiger partial charge in [-0.25, -0.2) is 9.79 Å². The molecule has 1 atom stereocenters. The van der Waals surface area contributed by atoms with Gasteiger partial charge < -0.3 is 19.3 Å². The standard InChI is InChI=1S/C29H31N3O4S/c1-19-9-10-20(2)24(15-19)27-26(28(34)36-17-22-7-5-4-6-8-22)21(3)30-29-32(27)23(18-37-29)16-25(33)31-11-13-35-14-12-31/h4-10,15,18,27H,11-14,16-17H2,1-3H3/t27-/m0/s1. The first kappa shape index (κ1) is 25.3. The molecule has 1 amide bonds. The Balaban J connectivity index is 1.49. The lowest BCUT2D eigenvalue weighted by molar-refractivity contribution is -0.141. The summed E-state index contributed by atoms with van der Waals surface area (Å²) in [7, 11) is 0. The summed E-state index contributed by atoms with van der Waals surface area (Å²) < 4.78 is 11.2. The maximum Gasteiger partial charge on any atom is 0.338 e. The molecule has 3 heterocycles. The number of morpholine rings is 1. The molecule has 2 aromatic rings. The third-order valence-corrected chi connectivity index (χ3v) is 7.75. The highest BCUT2D eigenvalue weighted by atomic mass is 32.2. The lowest BCUT2D eigenvalue weighted by Crippen LogP contribution is -2.42. The monoisotopic (exact) mass is 517 g/mol. The molecule has 3 aliphatic rings. The maximum atomic E-state index is 13.6. The highest BCUT2D eigenvalue weighted by Crippen LogP contribution is 2.46. The number of amidine groups is 1. The molecule has 37 heavy (non-hydrogen) atoms. The predicted molar refractivity (Wildman–Crippen MR) is 145 cm³/mol. The summed E-state index contributed by atoms with van der Waals surface area (Å²) >= 11 is 1.49. The summed E-state index contributed by atoms with van der Waals surface area (Å²) in [5.41, 5.74) is 6.07. The van der Waals surface area contributed by atoms with Gasteiger partial charge in [-0.1, -0.05) is 65.9 Å². The van der Waals surface area contributed by atoms with Crippen molar-refractivity contribution in [3.8, 4) is 0 Å². The molecule has 0 aromatic heterocycles. The number of carbonyl (C=O) groups excluding carboxylic acids is 2. The Kier molecular flexibility index (Phi) is 7.48. The number of aliphatic imine (C=N–C) groups is 1. The number of esters is 1. The van der Waals surface area contributed by atoms with Crippen LogP contribution in [0, 0.1) is 13.8 Å². The third kappa shape index (κ3) is 5.36. The van der Waals surface area contributed by atoms with Crippen molar-refractivity contribution in [2.75, 3.05) is 26.3 Å². The van der Waals surface area contributed by atoms with Gasteiger partial charge in [-0.15, -0.1) is 0 Å². The summed E-state index contributed by atoms with van der Waals surface area (Å²) in [4.78, 5) is 35.5. The molecule has 0 saturated carbocycles. The highest BCUT2D eigenvalue weighted by molar-refractivity contribution is 8.16. The molecule has 3 aliphatic heterocycles. The first-order chi connectivity index (χ1) is 17.9. The van der Waals surface area contributed by atoms with Gasteiger partial charge in [-0.3, -0.25) is 4.79 Å². The Morgan fingerprint density at radius 3 is 2.59 bits per heavy atom. The number of hydrogen-bond donors (Lipinski definition) is 0. The molecule has 0 N–H and O–H groups in total. The molecule has 0 spiro atoms. The van der Waals surface area contributed by atoms with Gasteiger partial charge in [0.15, 0.2) is 5.17 Å². The molecule has 192 valence electrons. The van der Waals surface area contributed by atoms with Gasteiger partial charge in [0.05, 0.1) is 36.9 Å². The van der Waals surface area contributed by atoms with E-state index in [0.717, 1.165) is 33.1 Å². The number of benzene rings is 2. The lowest BCUT2D eigenvalue weighted by Gasteiger charge is -2.37. The van der Waals surface area contributed by atoms with Gasteiger partial charge >= 0.3 is 5.97 Å². The summed E-state index contributed by atoms with van der Waals surface area (Å²) in [5.74, 6) is -0.346. The number of rotatable bonds is 6. The van der Waals surface area contributed by atoms with Crippen molar-refractivity contribution in [2.45, 2.75) is 39.8 Å². The van der Waals surface area contributed by atoms with Crippen LogP contribution in [0.25, 0.3) is 0 Å². The number of ether oxygens (including phenoxy) is 2. The van der Waals surface area contributed by atoms with Crippen LogP contribution < -0.4 is 0 Å². The zero-order valence-corrected chi connectivity index (χ0v) is 22.2. The second kappa shape index (κ2) is 10.9. The Morgan fingerprint density at radius 1 is 1.08 bits per heavy atom. The van der Waals surface area contributed by atoms with Crippen molar-refractivity contribution >= 4 is 28.8 Å². The summed E-state index contributed by atoms with van der Waals surface area (Å²) in [6, 6.07) is 15.5. The van der Waals surface area contributed by atoms with E-state index >= 15 is 0 Å². The summed E-state index contributed by atoms with van der Waals surface area (Å²) in [6.45, 7) is 8.43. The van der Waals surface area contributed by atoms with E-state index in [0.29, 0.717) is 37.6 Å². The van der Waals surface area contributed by atoms with Crippen molar-refractivity contribution in [1.29, 1.82) is 0 Å². The molecule has 1 saturated heterocycles. The zero-order valence-electron chi connectivity index (χ0n) is 21.4. The normalized spacial score (nSPS) is 19.4. The molecule has 0 radical (unpaired) electrons. The predicted octanol–water partition coefficient (Wildman–Crippen LogP) is 4.87. The van der Waals surface area contributed by atoms with E-state index in [-0.39, 0.29) is 18.9 Å². The topological polar surface area (TPSA) is 71.4 Å². The van der Waals surface area contributed by atoms with Gasteiger partial charge in [0.25, 0.3) is 0 Å². The van der Waals surface area contributed by atoms with Crippen LogP contribution in [0.1, 0.15) is 41.6 Å². The van der Waals surface area contributed by atoms with Gasteiger partial charge in [0.2, 0.25) is 5.91 Å². The average molecular weight is 518 g/mol. The SMILES string of the molecule is CC1=C(C(=O)OCc2ccccc2)[C@H](c2cc(C)ccc2C)N2C(CC(=O)N3CCOCC3)=CSC2=N1. The number of thioether (sulfide) groups is 1. The van der Waals surface area contributed by atoms with Crippen molar-refractivity contribution in [2.24, 2.45) is 4.99 Å². The van der Waals surface area contributed by atoms with Gasteiger partial charge in [-0.2, -0.15) is 0 Å². The van der Waals surface area contributed by atoms with Crippen molar-refractivity contribution in [3.05, 3.63) is 93.2 Å². The molecule has 5 rings (SSSR count). The third-order valence-electron chi connectivity index (χ3n) is 6.86. The molecule has 7 nitrogen and oxygen atoms in total. The fourth-order valence-electron chi connectivity index (χ4n) is 4.86. The van der Waals surface area contributed by atoms with E-state index in [2.05, 4.69) is 23.1 Å². The number of hydrogen-bond acceptors (Lipinski definition) is 7. The zero-order chi connectivity index (χ0) is 25.9. The molecule has 0 unspecified atom stereocenters. The van der Waals surface area contributed by atoms with E-state index in [4.69, 9.17) is 14.5 Å². The van der Waals surface area contributed by atoms with E-state index in [1.807, 2.05) is 61.4 Å². The summed E-state index contributed by atoms with van der Waals surface area (Å²) in [6.07, 6.45) is 0.235. The van der Waals surface area contributed by atoms with Crippen LogP contribution in [0.2, 0.25) is 0 Å². The highest BCUT2D eigenvalue weighted by Gasteiger charge is 2.42. The van der Waals surface area contributed by atoms with Crippen molar-refractivity contribution in [3.63, 3.8) is 0 Å². The number of allylic oxidation sites excluding steroid dienone is 1. The Morgan fingerprint density at radius 2 is 1.84 bits per heavy atom. The lowest BCUT2D eigenvalue weighted by atomic mass is 9.90. The van der Waals surface area contributed by atoms with Crippen LogP contribution in [0.4, 0.5) is 0 Å². The van der Waals surface area contributed by atoms with Crippen LogP contribution in [-0.2, 0) is 25.7 Å². The quantitative estimate of drug-likeness (QED) is 0.509. The van der Waals surface area contributed by atoms with Crippen LogP contribution in [0.15, 0.2) is 75.9 Å². The Labute approximate surface area is 221 Å². The maximum absolute atomic E-state index is 13.6. The van der Waals surface area contributed by atoms with Gasteiger partial charge in [0.1, 0.15) is 6.61 Å². The van der Waals surface area contributed by atoms with Crippen LogP contribution >= 0.6 is 11.8 Å². The second-order valence-corrected chi connectivity index (χ2v) is 10.3. The van der Waals surface area contributed by atoms with E-state index in [9.17, 15) is 9.59 Å². The molecular formula is C29H31N3O4S. The van der Waals surface area contributed by atoms with Crippen LogP contribution in [0.3, 0.4) is 0 Å². The molecule has 0 aliphatic carbocycles. The first-order valence-corrected chi connectivity index (χ1v) is 13.4. The number of amides is 1. The van der Waals surface area contributed by atoms with Gasteiger partial charge in [-0.05, 0) is 42.9 Å². The van der Waals surface area contributed by atoms with Crippen molar-refractivity contribution in [1.82, 2.24) is 9.80 Å². The number of nitrogens with zero attached hydrogens (tertiary/aromatic N) is 3. The largest absolute Gasteiger partial charge is 0.457 e. The van der Waals surface area contributed by atoms with Crippen LogP contribution in [-0.4, -0.2) is 53.1 Å². The number of carbonyl (C=O) groups is 2. The Bertz CT molecular complexity index is 1300. The van der Waals surface area contributed by atoms with Gasteiger partial charge in [0, 0.05) is 18.8 Å². The van der Waals surface area contributed by atoms with E-state index < -0.39 is 12.0 Å². The van der Waals surface area contributed by atoms with Crippen LogP contribution in [0.5, 0.6) is 0 Å². The fourth-order valence-corrected chi connectivity index (χ4v) is 5.82. The minimum absolute atomic E-state index is 0.0515. The molecule has 1 fully saturated rings. The first-order valence-electron chi connectivity index (χ1n) is 12.5. The van der Waals surface area contributed by atoms with E-state index in [1.165, 1.54) is 11.8 Å². The molecule has 8 heteroatoms. The number of fused-ring (bicyclic) bond motifs is 1. The smallest absolute Gasteiger partial charge is 0.338 e. The average Bonchev–Trinajstić information content (AvgIpc) is 3.30.